The average Bonchev–Trinajstić information content (AvgIpc) is 2.84. The number of carbonyl (C=O) groups excluding carboxylic acids is 1. The highest BCUT2D eigenvalue weighted by molar-refractivity contribution is 6.55. The molecule has 0 fully saturated rings. The lowest BCUT2D eigenvalue weighted by Gasteiger charge is -2.11. The Balaban J connectivity index is 2.27. The summed E-state index contributed by atoms with van der Waals surface area (Å²) < 4.78 is 10.4. The first-order chi connectivity index (χ1) is 9.81. The van der Waals surface area contributed by atoms with E-state index in [0.717, 1.165) is 10.9 Å². The lowest BCUT2D eigenvalue weighted by Crippen LogP contribution is -2.41. The van der Waals surface area contributed by atoms with E-state index in [1.807, 2.05) is 0 Å². The molecule has 1 N–H and O–H groups in total. The number of nitrogens with one attached hydrogen (secondary N) is 1. The molecule has 6 nitrogen and oxygen atoms in total. The molecule has 2 aromatic rings. The van der Waals surface area contributed by atoms with Crippen molar-refractivity contribution in [2.45, 2.75) is 6.54 Å². The van der Waals surface area contributed by atoms with Crippen LogP contribution in [0.25, 0.3) is 0 Å². The third kappa shape index (κ3) is 3.46. The van der Waals surface area contributed by atoms with Gasteiger partial charge in [0.05, 0.1) is 15.1 Å². The quantitative estimate of drug-likeness (QED) is 0.286. The molecule has 0 spiro atoms. The summed E-state index contributed by atoms with van der Waals surface area (Å²) in [4.78, 5) is 22.6. The SMILES string of the molecule is O=C(C[n+]1cc(=O)o[nH]1)Oc1c(Cl)c(Cl)c(Cl)c(Cl)c1Cl. The van der Waals surface area contributed by atoms with Gasteiger partial charge in [0, 0.05) is 0 Å². The molecule has 1 aromatic heterocycles. The second-order valence-electron chi connectivity index (χ2n) is 3.64. The van der Waals surface area contributed by atoms with Gasteiger partial charge in [0.1, 0.15) is 10.0 Å². The molecular weight excluding hydrogens is 389 g/mol. The van der Waals surface area contributed by atoms with Crippen LogP contribution in [0, 0.1) is 0 Å². The summed E-state index contributed by atoms with van der Waals surface area (Å²) in [5.74, 6) is -1.02. The number of aromatic amines is 1. The van der Waals surface area contributed by atoms with E-state index in [1.54, 1.807) is 0 Å². The molecule has 0 saturated heterocycles. The monoisotopic (exact) mass is 391 g/mol. The average molecular weight is 393 g/mol. The van der Waals surface area contributed by atoms with Crippen LogP contribution in [0.4, 0.5) is 0 Å². The van der Waals surface area contributed by atoms with E-state index in [4.69, 9.17) is 62.7 Å². The molecular formula is C10H4Cl5N2O4+. The summed E-state index contributed by atoms with van der Waals surface area (Å²) in [5, 5.41) is 1.61. The summed E-state index contributed by atoms with van der Waals surface area (Å²) in [6.45, 7) is -0.351. The number of benzene rings is 1. The van der Waals surface area contributed by atoms with Gasteiger partial charge in [-0.15, -0.1) is 0 Å². The first-order valence-electron chi connectivity index (χ1n) is 5.11. The van der Waals surface area contributed by atoms with E-state index in [1.165, 1.54) is 0 Å². The molecule has 0 radical (unpaired) electrons. The number of esters is 1. The van der Waals surface area contributed by atoms with Gasteiger partial charge in [0.2, 0.25) is 0 Å². The van der Waals surface area contributed by atoms with E-state index < -0.39 is 11.6 Å². The Morgan fingerprint density at radius 3 is 2.10 bits per heavy atom. The van der Waals surface area contributed by atoms with Crippen molar-refractivity contribution < 1.29 is 18.7 Å². The van der Waals surface area contributed by atoms with Crippen molar-refractivity contribution in [1.29, 1.82) is 0 Å². The van der Waals surface area contributed by atoms with Crippen molar-refractivity contribution in [2.24, 2.45) is 0 Å². The van der Waals surface area contributed by atoms with Crippen LogP contribution < -0.4 is 15.0 Å². The molecule has 0 bridgehead atoms. The minimum absolute atomic E-state index is 0.0540. The van der Waals surface area contributed by atoms with Crippen LogP contribution >= 0.6 is 58.0 Å². The summed E-state index contributed by atoms with van der Waals surface area (Å²) in [6, 6.07) is 0. The Labute approximate surface area is 142 Å². The molecule has 0 aliphatic carbocycles. The van der Waals surface area contributed by atoms with Gasteiger partial charge in [0.15, 0.2) is 5.75 Å². The molecule has 0 saturated carbocycles. The molecule has 11 heteroatoms. The third-order valence-corrected chi connectivity index (χ3v) is 4.45. The Kier molecular flexibility index (Phi) is 5.06. The molecule has 1 aromatic carbocycles. The van der Waals surface area contributed by atoms with Gasteiger partial charge >= 0.3 is 11.6 Å². The highest BCUT2D eigenvalue weighted by Crippen LogP contribution is 2.48. The lowest BCUT2D eigenvalue weighted by molar-refractivity contribution is -0.751. The minimum atomic E-state index is -0.796. The van der Waals surface area contributed by atoms with Gasteiger partial charge in [-0.3, -0.25) is 4.52 Å². The topological polar surface area (TPSA) is 76.2 Å². The number of ether oxygens (including phenoxy) is 1. The Morgan fingerprint density at radius 1 is 1.10 bits per heavy atom. The molecule has 21 heavy (non-hydrogen) atoms. The molecule has 0 unspecified atom stereocenters. The van der Waals surface area contributed by atoms with Gasteiger partial charge in [0.25, 0.3) is 12.7 Å². The zero-order valence-corrected chi connectivity index (χ0v) is 13.5. The van der Waals surface area contributed by atoms with Crippen LogP contribution in [-0.2, 0) is 11.3 Å². The predicted molar refractivity (Wildman–Crippen MR) is 76.7 cm³/mol. The fraction of sp³-hybridized carbons (Fsp3) is 0.100. The van der Waals surface area contributed by atoms with Gasteiger partial charge < -0.3 is 4.74 Å². The summed E-state index contributed by atoms with van der Waals surface area (Å²) >= 11 is 29.3. The van der Waals surface area contributed by atoms with Crippen LogP contribution in [0.1, 0.15) is 0 Å². The second-order valence-corrected chi connectivity index (χ2v) is 5.53. The molecule has 0 atom stereocenters. The number of H-pyrrole nitrogens is 1. The summed E-state index contributed by atoms with van der Waals surface area (Å²) in [6.07, 6.45) is 1.02. The van der Waals surface area contributed by atoms with E-state index in [-0.39, 0.29) is 37.4 Å². The fourth-order valence-electron chi connectivity index (χ4n) is 1.32. The van der Waals surface area contributed by atoms with Crippen molar-refractivity contribution in [3.8, 4) is 5.75 Å². The first-order valence-corrected chi connectivity index (χ1v) is 7.00. The standard InChI is InChI=1S/C10H3Cl5N2O4/c11-5-6(12)8(14)10(9(15)7(5)13)20-3(18)1-17-2-4(19)21-16-17/h2H,1H2/p+1. The number of carbonyl (C=O) groups is 1. The van der Waals surface area contributed by atoms with E-state index in [9.17, 15) is 9.59 Å². The maximum Gasteiger partial charge on any atom is 0.426 e. The lowest BCUT2D eigenvalue weighted by atomic mass is 10.3. The number of aromatic nitrogens is 2. The maximum absolute atomic E-state index is 11.8. The fourth-order valence-corrected chi connectivity index (χ4v) is 2.52. The van der Waals surface area contributed by atoms with Crippen molar-refractivity contribution in [1.82, 2.24) is 5.27 Å². The zero-order valence-electron chi connectivity index (χ0n) is 9.75. The van der Waals surface area contributed by atoms with Crippen LogP contribution in [-0.4, -0.2) is 11.2 Å². The number of hydrogen-bond donors (Lipinski definition) is 1. The molecule has 0 amide bonds. The van der Waals surface area contributed by atoms with Gasteiger partial charge in [-0.05, 0) is 5.27 Å². The van der Waals surface area contributed by atoms with Crippen molar-refractivity contribution in [3.05, 3.63) is 41.7 Å². The van der Waals surface area contributed by atoms with E-state index in [0.29, 0.717) is 0 Å². The largest absolute Gasteiger partial charge is 0.426 e. The molecule has 112 valence electrons. The number of nitrogens with zero attached hydrogens (tertiary/aromatic N) is 1. The number of hydrogen-bond acceptors (Lipinski definition) is 4. The Bertz CT molecular complexity index is 740. The van der Waals surface area contributed by atoms with Gasteiger partial charge in [-0.2, -0.15) is 0 Å². The molecule has 0 aliphatic rings. The van der Waals surface area contributed by atoms with Crippen LogP contribution in [0.15, 0.2) is 15.5 Å². The maximum atomic E-state index is 11.8. The van der Waals surface area contributed by atoms with E-state index in [2.05, 4.69) is 9.79 Å². The molecule has 2 rings (SSSR count). The number of rotatable bonds is 3. The normalized spacial score (nSPS) is 10.7. The Hall–Kier alpha value is -0.920. The zero-order chi connectivity index (χ0) is 15.7. The van der Waals surface area contributed by atoms with Crippen LogP contribution in [0.2, 0.25) is 25.1 Å². The smallest absolute Gasteiger partial charge is 0.418 e. The third-order valence-electron chi connectivity index (χ3n) is 2.21. The number of halogens is 5. The predicted octanol–water partition coefficient (Wildman–Crippen LogP) is 3.13. The van der Waals surface area contributed by atoms with Gasteiger partial charge in [-0.1, -0.05) is 62.7 Å². The summed E-state index contributed by atoms with van der Waals surface area (Å²) in [5.41, 5.74) is -0.656. The summed E-state index contributed by atoms with van der Waals surface area (Å²) in [7, 11) is 0. The van der Waals surface area contributed by atoms with E-state index >= 15 is 0 Å². The molecule has 1 heterocycles. The molecule has 0 aliphatic heterocycles. The first kappa shape index (κ1) is 16.5. The van der Waals surface area contributed by atoms with Gasteiger partial charge in [-0.25, -0.2) is 9.59 Å². The highest BCUT2D eigenvalue weighted by Gasteiger charge is 2.24. The minimum Gasteiger partial charge on any atom is -0.418 e. The van der Waals surface area contributed by atoms with Crippen molar-refractivity contribution in [2.75, 3.05) is 0 Å². The van der Waals surface area contributed by atoms with Crippen LogP contribution in [0.5, 0.6) is 5.75 Å². The second kappa shape index (κ2) is 6.46. The van der Waals surface area contributed by atoms with Crippen molar-refractivity contribution in [3.63, 3.8) is 0 Å². The Morgan fingerprint density at radius 2 is 1.62 bits per heavy atom. The van der Waals surface area contributed by atoms with Crippen molar-refractivity contribution >= 4 is 64.0 Å². The van der Waals surface area contributed by atoms with Crippen LogP contribution in [0.3, 0.4) is 0 Å². The highest BCUT2D eigenvalue weighted by atomic mass is 35.5.